The van der Waals surface area contributed by atoms with E-state index in [9.17, 15) is 9.59 Å². The van der Waals surface area contributed by atoms with Crippen LogP contribution in [0.4, 0.5) is 5.69 Å². The van der Waals surface area contributed by atoms with Crippen LogP contribution >= 0.6 is 0 Å². The summed E-state index contributed by atoms with van der Waals surface area (Å²) >= 11 is 0. The number of anilines is 1. The molecule has 3 rings (SSSR count). The number of carbonyl (C=O) groups is 2. The summed E-state index contributed by atoms with van der Waals surface area (Å²) in [6, 6.07) is 12.3. The van der Waals surface area contributed by atoms with E-state index in [0.717, 1.165) is 12.2 Å². The Hall–Kier alpha value is -2.82. The number of hydrogen-bond acceptors (Lipinski definition) is 4. The van der Waals surface area contributed by atoms with Crippen molar-refractivity contribution in [3.8, 4) is 11.5 Å². The van der Waals surface area contributed by atoms with Gasteiger partial charge in [0.1, 0.15) is 17.1 Å². The normalized spacial score (nSPS) is 14.7. The molecule has 154 valence electrons. The van der Waals surface area contributed by atoms with Crippen molar-refractivity contribution in [2.24, 2.45) is 0 Å². The minimum absolute atomic E-state index is 0.0211. The molecule has 2 aromatic rings. The Kier molecular flexibility index (Phi) is 6.57. The van der Waals surface area contributed by atoms with Gasteiger partial charge in [-0.1, -0.05) is 26.2 Å². The maximum Gasteiger partial charge on any atom is 0.255 e. The highest BCUT2D eigenvalue weighted by molar-refractivity contribution is 6.06. The summed E-state index contributed by atoms with van der Waals surface area (Å²) in [4.78, 5) is 24.9. The van der Waals surface area contributed by atoms with E-state index in [1.165, 1.54) is 19.3 Å². The van der Waals surface area contributed by atoms with E-state index < -0.39 is 5.60 Å². The Balaban J connectivity index is 1.59. The number of benzene rings is 2. The molecule has 0 saturated carbocycles. The topological polar surface area (TPSA) is 64.6 Å². The van der Waals surface area contributed by atoms with Gasteiger partial charge in [-0.05, 0) is 62.7 Å². The summed E-state index contributed by atoms with van der Waals surface area (Å²) in [7, 11) is 0. The molecule has 1 aliphatic rings. The molecule has 0 aliphatic carbocycles. The SMILES string of the molecule is CCCCCCOc1ccc(C(=O)Nc2ccc3c(c2)C(=O)CC(C)(C)O3)cc1. The maximum atomic E-state index is 12.5. The van der Waals surface area contributed by atoms with Crippen LogP contribution in [0.2, 0.25) is 0 Å². The zero-order chi connectivity index (χ0) is 20.9. The predicted molar refractivity (Wildman–Crippen MR) is 114 cm³/mol. The lowest BCUT2D eigenvalue weighted by molar-refractivity contribution is 0.0620. The first-order valence-electron chi connectivity index (χ1n) is 10.3. The average molecular weight is 395 g/mol. The van der Waals surface area contributed by atoms with Crippen LogP contribution in [0.5, 0.6) is 11.5 Å². The number of carbonyl (C=O) groups excluding carboxylic acids is 2. The molecule has 29 heavy (non-hydrogen) atoms. The zero-order valence-corrected chi connectivity index (χ0v) is 17.4. The van der Waals surface area contributed by atoms with Crippen molar-refractivity contribution in [1.29, 1.82) is 0 Å². The summed E-state index contributed by atoms with van der Waals surface area (Å²) in [5, 5.41) is 2.85. The smallest absolute Gasteiger partial charge is 0.255 e. The molecular formula is C24H29NO4. The van der Waals surface area contributed by atoms with Gasteiger partial charge in [0.25, 0.3) is 5.91 Å². The standard InChI is InChI=1S/C24H29NO4/c1-4-5-6-7-14-28-19-11-8-17(9-12-19)23(27)25-18-10-13-22-20(15-18)21(26)16-24(2,3)29-22/h8-13,15H,4-7,14,16H2,1-3H3,(H,25,27). The molecule has 0 fully saturated rings. The lowest BCUT2D eigenvalue weighted by Crippen LogP contribution is -2.35. The van der Waals surface area contributed by atoms with Crippen molar-refractivity contribution in [3.05, 3.63) is 53.6 Å². The van der Waals surface area contributed by atoms with Crippen LogP contribution in [-0.2, 0) is 0 Å². The third-order valence-electron chi connectivity index (χ3n) is 4.89. The van der Waals surface area contributed by atoms with Crippen molar-refractivity contribution in [3.63, 3.8) is 0 Å². The molecule has 0 aromatic heterocycles. The molecule has 2 aromatic carbocycles. The molecular weight excluding hydrogens is 366 g/mol. The third-order valence-corrected chi connectivity index (χ3v) is 4.89. The number of nitrogens with one attached hydrogen (secondary N) is 1. The van der Waals surface area contributed by atoms with Crippen molar-refractivity contribution >= 4 is 17.4 Å². The van der Waals surface area contributed by atoms with Crippen LogP contribution in [0.3, 0.4) is 0 Å². The number of ether oxygens (including phenoxy) is 2. The van der Waals surface area contributed by atoms with Crippen molar-refractivity contribution < 1.29 is 19.1 Å². The summed E-state index contributed by atoms with van der Waals surface area (Å²) in [5.74, 6) is 1.11. The van der Waals surface area contributed by atoms with Gasteiger partial charge < -0.3 is 14.8 Å². The zero-order valence-electron chi connectivity index (χ0n) is 17.4. The molecule has 0 radical (unpaired) electrons. The Bertz CT molecular complexity index is 871. The van der Waals surface area contributed by atoms with E-state index in [1.54, 1.807) is 42.5 Å². The summed E-state index contributed by atoms with van der Waals surface area (Å²) in [5.41, 5.74) is 1.11. The maximum absolute atomic E-state index is 12.5. The lowest BCUT2D eigenvalue weighted by Gasteiger charge is -2.31. The lowest BCUT2D eigenvalue weighted by atomic mass is 9.93. The Labute approximate surface area is 172 Å². The van der Waals surface area contributed by atoms with Gasteiger partial charge in [0.15, 0.2) is 5.78 Å². The van der Waals surface area contributed by atoms with Gasteiger partial charge in [0.05, 0.1) is 18.6 Å². The van der Waals surface area contributed by atoms with E-state index >= 15 is 0 Å². The van der Waals surface area contributed by atoms with Gasteiger partial charge in [-0.15, -0.1) is 0 Å². The molecule has 0 unspecified atom stereocenters. The summed E-state index contributed by atoms with van der Waals surface area (Å²) in [6.07, 6.45) is 4.95. The Morgan fingerprint density at radius 2 is 1.86 bits per heavy atom. The minimum atomic E-state index is -0.505. The van der Waals surface area contributed by atoms with Gasteiger partial charge in [0, 0.05) is 11.3 Å². The molecule has 5 nitrogen and oxygen atoms in total. The summed E-state index contributed by atoms with van der Waals surface area (Å²) in [6.45, 7) is 6.65. The second-order valence-electron chi connectivity index (χ2n) is 8.06. The molecule has 1 heterocycles. The van der Waals surface area contributed by atoms with Crippen LogP contribution < -0.4 is 14.8 Å². The van der Waals surface area contributed by atoms with Gasteiger partial charge in [-0.2, -0.15) is 0 Å². The first kappa shape index (κ1) is 20.9. The van der Waals surface area contributed by atoms with Gasteiger partial charge in [-0.3, -0.25) is 9.59 Å². The van der Waals surface area contributed by atoms with E-state index in [1.807, 2.05) is 13.8 Å². The van der Waals surface area contributed by atoms with Crippen molar-refractivity contribution in [2.45, 2.75) is 58.5 Å². The van der Waals surface area contributed by atoms with Crippen LogP contribution in [-0.4, -0.2) is 23.9 Å². The first-order chi connectivity index (χ1) is 13.9. The second-order valence-corrected chi connectivity index (χ2v) is 8.06. The first-order valence-corrected chi connectivity index (χ1v) is 10.3. The number of hydrogen-bond donors (Lipinski definition) is 1. The number of Topliss-reactive ketones (excluding diaryl/α,β-unsaturated/α-hetero) is 1. The minimum Gasteiger partial charge on any atom is -0.494 e. The number of amides is 1. The largest absolute Gasteiger partial charge is 0.494 e. The van der Waals surface area contributed by atoms with Crippen LogP contribution in [0.1, 0.15) is 73.6 Å². The number of fused-ring (bicyclic) bond motifs is 1. The molecule has 0 bridgehead atoms. The fraction of sp³-hybridized carbons (Fsp3) is 0.417. The number of unbranched alkanes of at least 4 members (excludes halogenated alkanes) is 3. The second kappa shape index (κ2) is 9.12. The quantitative estimate of drug-likeness (QED) is 0.587. The van der Waals surface area contributed by atoms with Crippen molar-refractivity contribution in [1.82, 2.24) is 0 Å². The molecule has 0 saturated heterocycles. The monoisotopic (exact) mass is 395 g/mol. The molecule has 5 heteroatoms. The predicted octanol–water partition coefficient (Wildman–Crippen LogP) is 5.64. The van der Waals surface area contributed by atoms with Gasteiger partial charge in [-0.25, -0.2) is 0 Å². The van der Waals surface area contributed by atoms with Crippen molar-refractivity contribution in [2.75, 3.05) is 11.9 Å². The van der Waals surface area contributed by atoms with Gasteiger partial charge in [0.2, 0.25) is 0 Å². The molecule has 1 amide bonds. The fourth-order valence-electron chi connectivity index (χ4n) is 3.35. The van der Waals surface area contributed by atoms with Crippen LogP contribution in [0, 0.1) is 0 Å². The number of ketones is 1. The molecule has 0 spiro atoms. The highest BCUT2D eigenvalue weighted by Crippen LogP contribution is 2.34. The van der Waals surface area contributed by atoms with Crippen LogP contribution in [0.25, 0.3) is 0 Å². The fourth-order valence-corrected chi connectivity index (χ4v) is 3.35. The Morgan fingerprint density at radius 1 is 1.10 bits per heavy atom. The third kappa shape index (κ3) is 5.59. The number of rotatable bonds is 8. The van der Waals surface area contributed by atoms with E-state index in [-0.39, 0.29) is 11.7 Å². The van der Waals surface area contributed by atoms with Crippen LogP contribution in [0.15, 0.2) is 42.5 Å². The average Bonchev–Trinajstić information content (AvgIpc) is 2.68. The highest BCUT2D eigenvalue weighted by atomic mass is 16.5. The molecule has 0 atom stereocenters. The molecule has 1 aliphatic heterocycles. The van der Waals surface area contributed by atoms with E-state index in [2.05, 4.69) is 12.2 Å². The van der Waals surface area contributed by atoms with Gasteiger partial charge >= 0.3 is 0 Å². The van der Waals surface area contributed by atoms with E-state index in [4.69, 9.17) is 9.47 Å². The molecule has 1 N–H and O–H groups in total. The Morgan fingerprint density at radius 3 is 2.59 bits per heavy atom. The summed E-state index contributed by atoms with van der Waals surface area (Å²) < 4.78 is 11.6. The highest BCUT2D eigenvalue weighted by Gasteiger charge is 2.32. The van der Waals surface area contributed by atoms with E-state index in [0.29, 0.717) is 35.6 Å².